The molecule has 0 amide bonds. The zero-order chi connectivity index (χ0) is 23.6. The number of hydrogen-bond donors (Lipinski definition) is 1. The van der Waals surface area contributed by atoms with Crippen LogP contribution in [0.15, 0.2) is 36.4 Å². The number of carbonyl (C=O) groups is 1. The maximum absolute atomic E-state index is 11.7. The van der Waals surface area contributed by atoms with Crippen LogP contribution in [0.5, 0.6) is 11.5 Å². The van der Waals surface area contributed by atoms with Crippen molar-refractivity contribution in [2.24, 2.45) is 0 Å². The molecule has 0 aliphatic rings. The highest BCUT2D eigenvalue weighted by Crippen LogP contribution is 2.28. The van der Waals surface area contributed by atoms with E-state index in [1.165, 1.54) is 26.2 Å². The fourth-order valence-electron chi connectivity index (χ4n) is 3.68. The van der Waals surface area contributed by atoms with E-state index >= 15 is 0 Å². The molecule has 176 valence electrons. The number of unbranched alkanes of at least 4 members (excludes halogenated alkanes) is 3. The smallest absolute Gasteiger partial charge is 0.179 e. The third kappa shape index (κ3) is 7.12. The average molecular weight is 515 g/mol. The van der Waals surface area contributed by atoms with Gasteiger partial charge in [-0.2, -0.15) is 4.80 Å². The van der Waals surface area contributed by atoms with Gasteiger partial charge in [0.05, 0.1) is 12.1 Å². The summed E-state index contributed by atoms with van der Waals surface area (Å²) in [7, 11) is 0. The number of halogens is 1. The second-order valence-electron chi connectivity index (χ2n) is 8.02. The number of aryl methyl sites for hydroxylation is 1. The second-order valence-corrected chi connectivity index (χ2v) is 8.82. The first-order valence-electron chi connectivity index (χ1n) is 11.4. The normalized spacial score (nSPS) is 11.0. The molecule has 8 heteroatoms. The molecule has 1 heterocycles. The lowest BCUT2D eigenvalue weighted by molar-refractivity contribution is 0.101. The molecule has 0 radical (unpaired) electrons. The Bertz CT molecular complexity index is 1050. The summed E-state index contributed by atoms with van der Waals surface area (Å²) in [6, 6.07) is 11.3. The Labute approximate surface area is 203 Å². The maximum Gasteiger partial charge on any atom is 0.179 e. The lowest BCUT2D eigenvalue weighted by Crippen LogP contribution is -2.04. The van der Waals surface area contributed by atoms with Gasteiger partial charge in [0.25, 0.3) is 0 Å². The number of ether oxygens (including phenoxy) is 1. The van der Waals surface area contributed by atoms with Gasteiger partial charge in [-0.25, -0.2) is 0 Å². The largest absolute Gasteiger partial charge is 0.507 e. The summed E-state index contributed by atoms with van der Waals surface area (Å²) in [6.45, 7) is 4.52. The Hall–Kier alpha value is -2.74. The summed E-state index contributed by atoms with van der Waals surface area (Å²) >= 11 is 3.45. The van der Waals surface area contributed by atoms with E-state index in [-0.39, 0.29) is 11.5 Å². The first-order chi connectivity index (χ1) is 16.0. The van der Waals surface area contributed by atoms with E-state index in [0.29, 0.717) is 30.8 Å². The molecule has 0 saturated heterocycles. The van der Waals surface area contributed by atoms with Gasteiger partial charge in [-0.15, -0.1) is 10.2 Å². The van der Waals surface area contributed by atoms with Crippen LogP contribution in [0, 0.1) is 0 Å². The highest BCUT2D eigenvalue weighted by molar-refractivity contribution is 9.09. The molecule has 7 nitrogen and oxygen atoms in total. The number of aromatic hydroxyl groups is 1. The van der Waals surface area contributed by atoms with Crippen LogP contribution >= 0.6 is 15.9 Å². The highest BCUT2D eigenvalue weighted by Gasteiger charge is 2.14. The Morgan fingerprint density at radius 2 is 1.85 bits per heavy atom. The van der Waals surface area contributed by atoms with Crippen LogP contribution in [0.3, 0.4) is 0 Å². The number of tetrazole rings is 1. The topological polar surface area (TPSA) is 90.1 Å². The molecule has 0 atom stereocenters. The number of Topliss-reactive ketones (excluding diaryl/α,β-unsaturated/α-hetero) is 1. The van der Waals surface area contributed by atoms with Crippen molar-refractivity contribution in [2.45, 2.75) is 65.5 Å². The molecule has 0 aliphatic heterocycles. The van der Waals surface area contributed by atoms with Crippen LogP contribution in [0.1, 0.15) is 72.4 Å². The molecule has 0 saturated carbocycles. The lowest BCUT2D eigenvalue weighted by Gasteiger charge is -2.14. The minimum absolute atomic E-state index is 0.0564. The fourth-order valence-corrected chi connectivity index (χ4v) is 4.08. The monoisotopic (exact) mass is 514 g/mol. The number of phenols is 1. The number of phenolic OH excluding ortho intramolecular Hbond substituents is 1. The van der Waals surface area contributed by atoms with Crippen LogP contribution in [0.25, 0.3) is 0 Å². The van der Waals surface area contributed by atoms with Crippen LogP contribution in [0.2, 0.25) is 0 Å². The molecule has 0 unspecified atom stereocenters. The maximum atomic E-state index is 11.7. The highest BCUT2D eigenvalue weighted by atomic mass is 79.9. The number of aromatic nitrogens is 4. The molecule has 3 aromatic rings. The number of nitrogens with zero attached hydrogens (tertiary/aromatic N) is 4. The molecular weight excluding hydrogens is 484 g/mol. The predicted octanol–water partition coefficient (Wildman–Crippen LogP) is 5.27. The minimum atomic E-state index is -0.148. The first kappa shape index (κ1) is 24.9. The van der Waals surface area contributed by atoms with Gasteiger partial charge in [-0.05, 0) is 60.7 Å². The Morgan fingerprint density at radius 3 is 2.55 bits per heavy atom. The van der Waals surface area contributed by atoms with Crippen molar-refractivity contribution in [3.05, 3.63) is 64.5 Å². The van der Waals surface area contributed by atoms with Crippen molar-refractivity contribution in [1.82, 2.24) is 20.2 Å². The molecule has 33 heavy (non-hydrogen) atoms. The summed E-state index contributed by atoms with van der Waals surface area (Å²) in [5.41, 5.74) is 3.05. The summed E-state index contributed by atoms with van der Waals surface area (Å²) < 4.78 is 5.92. The van der Waals surface area contributed by atoms with Gasteiger partial charge in [-0.3, -0.25) is 4.79 Å². The van der Waals surface area contributed by atoms with E-state index in [9.17, 15) is 9.90 Å². The number of carbonyl (C=O) groups excluding carboxylic acids is 1. The van der Waals surface area contributed by atoms with Gasteiger partial charge in [0.2, 0.25) is 0 Å². The quantitative estimate of drug-likeness (QED) is 0.190. The molecule has 0 bridgehead atoms. The molecule has 0 aliphatic carbocycles. The number of hydrogen-bond acceptors (Lipinski definition) is 6. The molecular formula is C25H31BrN4O3. The Kier molecular flexibility index (Phi) is 9.42. The second kappa shape index (κ2) is 12.5. The van der Waals surface area contributed by atoms with Crippen LogP contribution in [0.4, 0.5) is 0 Å². The summed E-state index contributed by atoms with van der Waals surface area (Å²) in [6.07, 6.45) is 5.88. The minimum Gasteiger partial charge on any atom is -0.507 e. The van der Waals surface area contributed by atoms with E-state index in [1.807, 2.05) is 37.3 Å². The first-order valence-corrected chi connectivity index (χ1v) is 12.5. The predicted molar refractivity (Wildman–Crippen MR) is 131 cm³/mol. The van der Waals surface area contributed by atoms with E-state index in [0.717, 1.165) is 40.7 Å². The van der Waals surface area contributed by atoms with E-state index < -0.39 is 0 Å². The average Bonchev–Trinajstić information content (AvgIpc) is 3.25. The zero-order valence-electron chi connectivity index (χ0n) is 19.3. The van der Waals surface area contributed by atoms with E-state index in [2.05, 4.69) is 31.3 Å². The summed E-state index contributed by atoms with van der Waals surface area (Å²) in [5.74, 6) is 1.35. The van der Waals surface area contributed by atoms with Crippen molar-refractivity contribution in [2.75, 3.05) is 5.33 Å². The van der Waals surface area contributed by atoms with Crippen LogP contribution < -0.4 is 4.74 Å². The van der Waals surface area contributed by atoms with Gasteiger partial charge in [-0.1, -0.05) is 53.9 Å². The third-order valence-electron chi connectivity index (χ3n) is 5.53. The number of ketones is 1. The molecule has 0 spiro atoms. The van der Waals surface area contributed by atoms with E-state index in [4.69, 9.17) is 4.74 Å². The number of benzene rings is 2. The lowest BCUT2D eigenvalue weighted by atomic mass is 9.99. The Morgan fingerprint density at radius 1 is 1.09 bits per heavy atom. The van der Waals surface area contributed by atoms with Gasteiger partial charge in [0.1, 0.15) is 18.1 Å². The van der Waals surface area contributed by atoms with E-state index in [1.54, 1.807) is 10.9 Å². The molecule has 1 N–H and O–H groups in total. The van der Waals surface area contributed by atoms with Gasteiger partial charge in [0.15, 0.2) is 11.6 Å². The molecule has 0 fully saturated rings. The third-order valence-corrected chi connectivity index (χ3v) is 6.09. The van der Waals surface area contributed by atoms with Crippen molar-refractivity contribution >= 4 is 21.7 Å². The standard InChI is InChI=1S/C25H31BrN4O3/c1-3-22-20(10-13-23(18(2)31)25(22)32)17-33-21-11-8-19(9-12-21)16-24-27-29-30(28-24)15-7-5-4-6-14-26/h8-13,32H,3-7,14-17H2,1-2H3. The molecule has 2 aromatic carbocycles. The summed E-state index contributed by atoms with van der Waals surface area (Å²) in [4.78, 5) is 13.3. The fraction of sp³-hybridized carbons (Fsp3) is 0.440. The van der Waals surface area contributed by atoms with Crippen LogP contribution in [-0.2, 0) is 26.0 Å². The zero-order valence-corrected chi connectivity index (χ0v) is 20.8. The summed E-state index contributed by atoms with van der Waals surface area (Å²) in [5, 5.41) is 24.2. The van der Waals surface area contributed by atoms with Crippen molar-refractivity contribution in [3.8, 4) is 11.5 Å². The molecule has 1 aromatic heterocycles. The van der Waals surface area contributed by atoms with Gasteiger partial charge < -0.3 is 9.84 Å². The number of rotatable bonds is 13. The SMILES string of the molecule is CCc1c(COc2ccc(Cc3nnn(CCCCCCBr)n3)cc2)ccc(C(C)=O)c1O. The van der Waals surface area contributed by atoms with Gasteiger partial charge in [0, 0.05) is 17.3 Å². The number of alkyl halides is 1. The van der Waals surface area contributed by atoms with Gasteiger partial charge >= 0.3 is 0 Å². The van der Waals surface area contributed by atoms with Crippen molar-refractivity contribution in [3.63, 3.8) is 0 Å². The van der Waals surface area contributed by atoms with Crippen LogP contribution in [-0.4, -0.2) is 36.4 Å². The van der Waals surface area contributed by atoms with Crippen molar-refractivity contribution < 1.29 is 14.6 Å². The Balaban J connectivity index is 1.53. The molecule has 3 rings (SSSR count). The van der Waals surface area contributed by atoms with Crippen molar-refractivity contribution in [1.29, 1.82) is 0 Å².